The molecule has 0 spiro atoms. The molecule has 6 rings (SSSR count). The van der Waals surface area contributed by atoms with E-state index in [1.54, 1.807) is 24.3 Å². The number of isocyanates is 1. The van der Waals surface area contributed by atoms with Gasteiger partial charge in [-0.25, -0.2) is 29.1 Å². The number of benzene rings is 4. The first-order valence-corrected chi connectivity index (χ1v) is 15.8. The number of amides is 1. The van der Waals surface area contributed by atoms with Crippen LogP contribution in [0.3, 0.4) is 0 Å². The summed E-state index contributed by atoms with van der Waals surface area (Å²) in [6.07, 6.45) is -3.22. The topological polar surface area (TPSA) is 157 Å². The van der Waals surface area contributed by atoms with E-state index in [2.05, 4.69) is 35.2 Å². The first kappa shape index (κ1) is 38.3. The molecule has 0 radical (unpaired) electrons. The molecule has 0 saturated carbocycles. The van der Waals surface area contributed by atoms with E-state index in [0.717, 1.165) is 46.5 Å². The van der Waals surface area contributed by atoms with E-state index < -0.39 is 29.4 Å². The van der Waals surface area contributed by atoms with Gasteiger partial charge < -0.3 is 0 Å². The molecule has 1 amide bonds. The van der Waals surface area contributed by atoms with Gasteiger partial charge in [0, 0.05) is 22.5 Å². The molecule has 0 saturated heterocycles. The molecule has 0 bridgehead atoms. The van der Waals surface area contributed by atoms with Gasteiger partial charge in [-0.1, -0.05) is 48.5 Å². The zero-order chi connectivity index (χ0) is 38.7. The Labute approximate surface area is 302 Å². The Balaban J connectivity index is 0.000000208. The van der Waals surface area contributed by atoms with Crippen LogP contribution in [0.25, 0.3) is 44.6 Å². The minimum atomic E-state index is -4.39. The van der Waals surface area contributed by atoms with Crippen molar-refractivity contribution in [2.75, 3.05) is 6.54 Å². The second kappa shape index (κ2) is 17.1. The number of azide groups is 1. The highest BCUT2D eigenvalue weighted by atomic mass is 19.4. The molecule has 0 N–H and O–H groups in total. The molecular weight excluding hydrogens is 718 g/mol. The average Bonchev–Trinajstić information content (AvgIpc) is 3.86. The number of carbonyl (C=O) groups is 1. The lowest BCUT2D eigenvalue weighted by Gasteiger charge is -2.07. The lowest BCUT2D eigenvalue weighted by atomic mass is 10.1. The fourth-order valence-electron chi connectivity index (χ4n) is 4.87. The summed E-state index contributed by atoms with van der Waals surface area (Å²) in [5.74, 6) is 0.350. The Hall–Kier alpha value is -6.90. The number of hydrogen-bond donors (Lipinski definition) is 0. The number of aryl methyl sites for hydroxylation is 1. The van der Waals surface area contributed by atoms with Crippen molar-refractivity contribution >= 4 is 12.0 Å². The normalized spacial score (nSPS) is 11.1. The van der Waals surface area contributed by atoms with Crippen LogP contribution in [0.5, 0.6) is 0 Å². The van der Waals surface area contributed by atoms with Gasteiger partial charge in [-0.3, -0.25) is 4.79 Å². The average molecular weight is 745 g/mol. The summed E-state index contributed by atoms with van der Waals surface area (Å²) in [6.45, 7) is 0.379. The summed E-state index contributed by atoms with van der Waals surface area (Å²) in [5.41, 5.74) is 11.1. The Kier molecular flexibility index (Phi) is 12.1. The number of rotatable bonds is 10. The predicted octanol–water partition coefficient (Wildman–Crippen LogP) is 8.55. The van der Waals surface area contributed by atoms with Crippen LogP contribution in [0.1, 0.15) is 28.7 Å². The van der Waals surface area contributed by atoms with Crippen LogP contribution in [-0.4, -0.2) is 48.1 Å². The second-order valence-corrected chi connectivity index (χ2v) is 11.3. The second-order valence-electron chi connectivity index (χ2n) is 11.3. The van der Waals surface area contributed by atoms with E-state index >= 15 is 0 Å². The van der Waals surface area contributed by atoms with Crippen LogP contribution in [0.15, 0.2) is 120 Å². The number of hydrogen-bond acceptors (Lipinski definition) is 7. The molecule has 6 aromatic rings. The van der Waals surface area contributed by atoms with E-state index in [1.807, 2.05) is 24.3 Å². The van der Waals surface area contributed by atoms with Crippen LogP contribution in [0, 0.1) is 0 Å². The van der Waals surface area contributed by atoms with Crippen molar-refractivity contribution in [1.82, 2.24) is 29.5 Å². The lowest BCUT2D eigenvalue weighted by molar-refractivity contribution is -0.138. The lowest BCUT2D eigenvalue weighted by Crippen LogP contribution is -2.05. The Bertz CT molecular complexity index is 2270. The van der Waals surface area contributed by atoms with Crippen molar-refractivity contribution in [3.8, 4) is 34.2 Å². The SMILES string of the molecule is O=C=NCCc1ccc(-c2ncn(-c3ccc(C(F)(F)F)cc3)n2)cc1.[N-]=[N+]=NC(=O)CCc1ccc(-c2ncn(-c3ccc(C(F)(F)F)cc3)n2)cc1. The number of aromatic nitrogens is 6. The molecular formula is C36H26F6N10O2. The molecule has 0 aliphatic rings. The van der Waals surface area contributed by atoms with Gasteiger partial charge >= 0.3 is 12.4 Å². The van der Waals surface area contributed by atoms with Crippen molar-refractivity contribution in [2.45, 2.75) is 31.6 Å². The maximum Gasteiger partial charge on any atom is 0.416 e. The van der Waals surface area contributed by atoms with Crippen molar-refractivity contribution in [3.63, 3.8) is 0 Å². The first-order valence-electron chi connectivity index (χ1n) is 15.8. The summed E-state index contributed by atoms with van der Waals surface area (Å²) in [5, 5.41) is 11.6. The van der Waals surface area contributed by atoms with Gasteiger partial charge in [0.25, 0.3) is 0 Å². The largest absolute Gasteiger partial charge is 0.416 e. The summed E-state index contributed by atoms with van der Waals surface area (Å²) in [6, 6.07) is 23.9. The predicted molar refractivity (Wildman–Crippen MR) is 183 cm³/mol. The van der Waals surface area contributed by atoms with Crippen LogP contribution in [0.4, 0.5) is 26.3 Å². The third kappa shape index (κ3) is 10.3. The van der Waals surface area contributed by atoms with E-state index in [1.165, 1.54) is 52.4 Å². The fraction of sp³-hybridized carbons (Fsp3) is 0.167. The van der Waals surface area contributed by atoms with Crippen molar-refractivity contribution in [3.05, 3.63) is 142 Å². The highest BCUT2D eigenvalue weighted by molar-refractivity contribution is 5.77. The number of aliphatic imine (C=N–C) groups is 1. The molecule has 2 heterocycles. The van der Waals surface area contributed by atoms with Gasteiger partial charge in [-0.15, -0.1) is 10.2 Å². The van der Waals surface area contributed by atoms with Crippen LogP contribution in [0.2, 0.25) is 0 Å². The molecule has 0 unspecified atom stereocenters. The zero-order valence-corrected chi connectivity index (χ0v) is 27.8. The van der Waals surface area contributed by atoms with Crippen LogP contribution < -0.4 is 0 Å². The summed E-state index contributed by atoms with van der Waals surface area (Å²) in [7, 11) is 0. The van der Waals surface area contributed by atoms with Gasteiger partial charge in [-0.05, 0) is 83.1 Å². The third-order valence-electron chi connectivity index (χ3n) is 7.69. The van der Waals surface area contributed by atoms with E-state index in [4.69, 9.17) is 5.53 Å². The third-order valence-corrected chi connectivity index (χ3v) is 7.69. The standard InChI is InChI=1S/C18H13F3N6O.C18H13F3N4O/c19-18(20,21)14-6-8-15(9-7-14)27-11-23-17(25-27)13-4-1-12(2-5-13)3-10-16(28)24-26-22;19-18(20,21)15-5-7-16(8-6-15)25-11-23-17(24-25)14-3-1-13(2-4-14)9-10-22-12-26/h1-2,4-9,11H,3,10H2;1-8,11H,9-10H2. The Morgan fingerprint density at radius 3 is 1.48 bits per heavy atom. The van der Waals surface area contributed by atoms with Crippen LogP contribution in [-0.2, 0) is 34.8 Å². The number of carbonyl (C=O) groups excluding carboxylic acids is 2. The van der Waals surface area contributed by atoms with E-state index in [9.17, 15) is 35.9 Å². The smallest absolute Gasteiger partial charge is 0.293 e. The quantitative estimate of drug-likeness (QED) is 0.0342. The van der Waals surface area contributed by atoms with Gasteiger partial charge in [0.2, 0.25) is 12.0 Å². The maximum atomic E-state index is 12.6. The molecule has 0 aliphatic carbocycles. The Morgan fingerprint density at radius 1 is 0.667 bits per heavy atom. The molecule has 0 aliphatic heterocycles. The van der Waals surface area contributed by atoms with Crippen molar-refractivity contribution in [1.29, 1.82) is 0 Å². The van der Waals surface area contributed by atoms with Gasteiger partial charge in [0.05, 0.1) is 29.0 Å². The molecule has 54 heavy (non-hydrogen) atoms. The summed E-state index contributed by atoms with van der Waals surface area (Å²) in [4.78, 5) is 35.6. The van der Waals surface area contributed by atoms with Crippen molar-refractivity contribution < 1.29 is 35.9 Å². The van der Waals surface area contributed by atoms with E-state index in [-0.39, 0.29) is 6.42 Å². The summed E-state index contributed by atoms with van der Waals surface area (Å²) < 4.78 is 78.6. The molecule has 0 fully saturated rings. The van der Waals surface area contributed by atoms with Gasteiger partial charge in [0.1, 0.15) is 12.7 Å². The highest BCUT2D eigenvalue weighted by Gasteiger charge is 2.31. The molecule has 2 aromatic heterocycles. The number of halogens is 6. The van der Waals surface area contributed by atoms with Crippen LogP contribution >= 0.6 is 0 Å². The molecule has 0 atom stereocenters. The number of alkyl halides is 6. The van der Waals surface area contributed by atoms with Crippen molar-refractivity contribution in [2.24, 2.45) is 10.1 Å². The number of nitrogens with zero attached hydrogens (tertiary/aromatic N) is 10. The summed E-state index contributed by atoms with van der Waals surface area (Å²) >= 11 is 0. The Morgan fingerprint density at radius 2 is 1.09 bits per heavy atom. The minimum Gasteiger partial charge on any atom is -0.293 e. The first-order chi connectivity index (χ1) is 25.8. The molecule has 4 aromatic carbocycles. The van der Waals surface area contributed by atoms with Gasteiger partial charge in [-0.2, -0.15) is 26.3 Å². The highest BCUT2D eigenvalue weighted by Crippen LogP contribution is 2.31. The maximum absolute atomic E-state index is 12.6. The molecule has 18 heteroatoms. The monoisotopic (exact) mass is 744 g/mol. The van der Waals surface area contributed by atoms with E-state index in [0.29, 0.717) is 42.4 Å². The fourth-order valence-corrected chi connectivity index (χ4v) is 4.87. The molecule has 274 valence electrons. The molecule has 12 nitrogen and oxygen atoms in total. The zero-order valence-electron chi connectivity index (χ0n) is 27.8. The van der Waals surface area contributed by atoms with Gasteiger partial charge in [0.15, 0.2) is 11.6 Å². The minimum absolute atomic E-state index is 0.115.